The summed E-state index contributed by atoms with van der Waals surface area (Å²) < 4.78 is 37.5. The van der Waals surface area contributed by atoms with Crippen LogP contribution in [0, 0.1) is 11.3 Å². The van der Waals surface area contributed by atoms with Crippen LogP contribution in [0.15, 0.2) is 0 Å². The third-order valence-electron chi connectivity index (χ3n) is 4.57. The van der Waals surface area contributed by atoms with Crippen molar-refractivity contribution >= 4 is 28.4 Å². The van der Waals surface area contributed by atoms with E-state index in [9.17, 15) is 13.2 Å². The molecule has 0 radical (unpaired) electrons. The Hall–Kier alpha value is -0.410. The van der Waals surface area contributed by atoms with E-state index in [0.29, 0.717) is 6.42 Å². The summed E-state index contributed by atoms with van der Waals surface area (Å²) in [5, 5.41) is 0. The van der Waals surface area contributed by atoms with E-state index in [1.165, 1.54) is 10.6 Å². The van der Waals surface area contributed by atoms with Crippen LogP contribution in [0.1, 0.15) is 68.7 Å². The highest BCUT2D eigenvalue weighted by Crippen LogP contribution is 2.25. The lowest BCUT2D eigenvalue weighted by Gasteiger charge is -2.38. The SMILES string of the molecule is CC(C)C[C@H](N)C(=O)OC[C@H](CN(C(C)(C)C)S(C)(=O)=O)O[C@@H](C)C(C)(C)C.Cl. The molecule has 0 fully saturated rings. The van der Waals surface area contributed by atoms with E-state index in [1.807, 2.05) is 62.3 Å². The number of nitrogens with zero attached hydrogens (tertiary/aromatic N) is 1. The van der Waals surface area contributed by atoms with Crippen LogP contribution in [-0.4, -0.2) is 61.9 Å². The third-order valence-corrected chi connectivity index (χ3v) is 6.07. The van der Waals surface area contributed by atoms with Gasteiger partial charge in [0.05, 0.1) is 12.4 Å². The standard InChI is InChI=1S/C20H42N2O5S.ClH/c1-14(2)11-17(21)18(23)26-13-16(27-15(3)19(4,5)6)12-22(20(7,8)9)28(10,24)25;/h14-17H,11-13,21H2,1-10H3;1H/t15-,16-,17-;/m0./s1. The molecular weight excluding hydrogens is 416 g/mol. The molecule has 0 aromatic rings. The summed E-state index contributed by atoms with van der Waals surface area (Å²) >= 11 is 0. The van der Waals surface area contributed by atoms with Crippen molar-refractivity contribution in [2.75, 3.05) is 19.4 Å². The van der Waals surface area contributed by atoms with Crippen LogP contribution in [0.3, 0.4) is 0 Å². The predicted molar refractivity (Wildman–Crippen MR) is 121 cm³/mol. The summed E-state index contributed by atoms with van der Waals surface area (Å²) in [5.74, 6) is -0.218. The fourth-order valence-electron chi connectivity index (χ4n) is 2.61. The lowest BCUT2D eigenvalue weighted by atomic mass is 9.90. The zero-order valence-electron chi connectivity index (χ0n) is 19.8. The quantitative estimate of drug-likeness (QED) is 0.504. The van der Waals surface area contributed by atoms with E-state index in [-0.39, 0.29) is 43.0 Å². The monoisotopic (exact) mass is 458 g/mol. The molecule has 0 bridgehead atoms. The molecule has 0 amide bonds. The van der Waals surface area contributed by atoms with Crippen molar-refractivity contribution in [2.45, 2.75) is 92.5 Å². The number of carbonyl (C=O) groups excluding carboxylic acids is 1. The number of esters is 1. The number of carbonyl (C=O) groups is 1. The first-order valence-electron chi connectivity index (χ1n) is 9.91. The molecule has 0 spiro atoms. The van der Waals surface area contributed by atoms with Gasteiger partial charge in [0.25, 0.3) is 0 Å². The summed E-state index contributed by atoms with van der Waals surface area (Å²) in [7, 11) is -3.47. The Balaban J connectivity index is 0. The lowest BCUT2D eigenvalue weighted by Crippen LogP contribution is -2.51. The third kappa shape index (κ3) is 12.1. The largest absolute Gasteiger partial charge is 0.462 e. The Labute approximate surface area is 184 Å². The number of nitrogens with two attached hydrogens (primary N) is 1. The van der Waals surface area contributed by atoms with Crippen LogP contribution in [0.25, 0.3) is 0 Å². The molecular formula is C20H43ClN2O5S. The van der Waals surface area contributed by atoms with Crippen molar-refractivity contribution in [3.63, 3.8) is 0 Å². The zero-order valence-corrected chi connectivity index (χ0v) is 21.4. The summed E-state index contributed by atoms with van der Waals surface area (Å²) in [6.07, 6.45) is 0.938. The van der Waals surface area contributed by atoms with Crippen molar-refractivity contribution in [1.82, 2.24) is 4.31 Å². The number of halogens is 1. The van der Waals surface area contributed by atoms with Gasteiger partial charge in [0.2, 0.25) is 10.0 Å². The van der Waals surface area contributed by atoms with Crippen LogP contribution in [0.4, 0.5) is 0 Å². The van der Waals surface area contributed by atoms with Crippen LogP contribution < -0.4 is 5.73 Å². The fraction of sp³-hybridized carbons (Fsp3) is 0.950. The maximum absolute atomic E-state index is 12.3. The number of ether oxygens (including phenoxy) is 2. The zero-order chi connectivity index (χ0) is 22.5. The first-order chi connectivity index (χ1) is 12.4. The number of hydrogen-bond donors (Lipinski definition) is 1. The molecule has 0 saturated heterocycles. The van der Waals surface area contributed by atoms with Crippen LogP contribution in [0.2, 0.25) is 0 Å². The van der Waals surface area contributed by atoms with Gasteiger partial charge in [-0.1, -0.05) is 34.6 Å². The predicted octanol–water partition coefficient (Wildman–Crippen LogP) is 3.20. The second-order valence-electron chi connectivity index (χ2n) is 10.1. The molecule has 0 rings (SSSR count). The Morgan fingerprint density at radius 2 is 1.55 bits per heavy atom. The van der Waals surface area contributed by atoms with Gasteiger partial charge >= 0.3 is 5.97 Å². The van der Waals surface area contributed by atoms with E-state index in [0.717, 1.165) is 0 Å². The topological polar surface area (TPSA) is 98.9 Å². The first kappa shape index (κ1) is 30.8. The second kappa shape index (κ2) is 11.8. The van der Waals surface area contributed by atoms with Crippen molar-refractivity contribution in [3.05, 3.63) is 0 Å². The molecule has 0 heterocycles. The van der Waals surface area contributed by atoms with Gasteiger partial charge in [0.15, 0.2) is 0 Å². The van der Waals surface area contributed by atoms with Gasteiger partial charge in [-0.15, -0.1) is 12.4 Å². The summed E-state index contributed by atoms with van der Waals surface area (Å²) in [4.78, 5) is 12.2. The van der Waals surface area contributed by atoms with E-state index < -0.39 is 33.7 Å². The minimum Gasteiger partial charge on any atom is -0.462 e. The van der Waals surface area contributed by atoms with Gasteiger partial charge in [-0.3, -0.25) is 4.79 Å². The van der Waals surface area contributed by atoms with Gasteiger partial charge in [-0.05, 0) is 45.4 Å². The lowest BCUT2D eigenvalue weighted by molar-refractivity contribution is -0.154. The van der Waals surface area contributed by atoms with E-state index in [1.54, 1.807) is 0 Å². The van der Waals surface area contributed by atoms with Crippen molar-refractivity contribution in [3.8, 4) is 0 Å². The Morgan fingerprint density at radius 1 is 1.07 bits per heavy atom. The average molecular weight is 459 g/mol. The highest BCUT2D eigenvalue weighted by Gasteiger charge is 2.34. The molecule has 176 valence electrons. The molecule has 0 aromatic carbocycles. The maximum atomic E-state index is 12.3. The van der Waals surface area contributed by atoms with Gasteiger partial charge in [-0.2, -0.15) is 4.31 Å². The van der Waals surface area contributed by atoms with Gasteiger partial charge in [0, 0.05) is 12.1 Å². The minimum absolute atomic E-state index is 0. The molecule has 29 heavy (non-hydrogen) atoms. The summed E-state index contributed by atoms with van der Waals surface area (Å²) in [6.45, 7) is 17.5. The molecule has 0 aliphatic rings. The first-order valence-corrected chi connectivity index (χ1v) is 11.8. The summed E-state index contributed by atoms with van der Waals surface area (Å²) in [6, 6.07) is -0.700. The van der Waals surface area contributed by atoms with Gasteiger partial charge < -0.3 is 15.2 Å². The number of sulfonamides is 1. The van der Waals surface area contributed by atoms with Crippen LogP contribution >= 0.6 is 12.4 Å². The highest BCUT2D eigenvalue weighted by atomic mass is 35.5. The van der Waals surface area contributed by atoms with Crippen molar-refractivity contribution < 1.29 is 22.7 Å². The Bertz CT molecular complexity index is 597. The molecule has 0 aliphatic heterocycles. The number of hydrogen-bond acceptors (Lipinski definition) is 6. The minimum atomic E-state index is -3.47. The average Bonchev–Trinajstić information content (AvgIpc) is 2.44. The molecule has 0 aliphatic carbocycles. The normalized spacial score (nSPS) is 16.3. The summed E-state index contributed by atoms with van der Waals surface area (Å²) in [5.41, 5.74) is 5.12. The molecule has 3 atom stereocenters. The maximum Gasteiger partial charge on any atom is 0.323 e. The van der Waals surface area contributed by atoms with Crippen LogP contribution in [0.5, 0.6) is 0 Å². The molecule has 9 heteroatoms. The Morgan fingerprint density at radius 3 is 1.90 bits per heavy atom. The van der Waals surface area contributed by atoms with E-state index >= 15 is 0 Å². The Kier molecular flexibility index (Phi) is 12.6. The second-order valence-corrected chi connectivity index (χ2v) is 12.0. The van der Waals surface area contributed by atoms with E-state index in [2.05, 4.69) is 0 Å². The smallest absolute Gasteiger partial charge is 0.323 e. The van der Waals surface area contributed by atoms with Crippen LogP contribution in [-0.2, 0) is 24.3 Å². The molecule has 7 nitrogen and oxygen atoms in total. The fourth-order valence-corrected chi connectivity index (χ4v) is 4.04. The van der Waals surface area contributed by atoms with Gasteiger partial charge in [-0.25, -0.2) is 8.42 Å². The molecule has 0 aromatic heterocycles. The van der Waals surface area contributed by atoms with Gasteiger partial charge in [0.1, 0.15) is 18.8 Å². The molecule has 2 N–H and O–H groups in total. The van der Waals surface area contributed by atoms with E-state index in [4.69, 9.17) is 15.2 Å². The van der Waals surface area contributed by atoms with Crippen molar-refractivity contribution in [2.24, 2.45) is 17.1 Å². The molecule has 0 saturated carbocycles. The number of rotatable bonds is 10. The molecule has 0 unspecified atom stereocenters. The van der Waals surface area contributed by atoms with Crippen molar-refractivity contribution in [1.29, 1.82) is 0 Å². The highest BCUT2D eigenvalue weighted by molar-refractivity contribution is 7.88.